The number of benzene rings is 2. The third kappa shape index (κ3) is 7.54. The highest BCUT2D eigenvalue weighted by molar-refractivity contribution is 6.00. The van der Waals surface area contributed by atoms with E-state index >= 15 is 0 Å². The fraction of sp³-hybridized carbons (Fsp3) is 0.278. The number of ether oxygens (including phenoxy) is 2. The smallest absolute Gasteiger partial charge is 0.256 e. The molecule has 18 heteroatoms. The first-order valence-corrected chi connectivity index (χ1v) is 17.0. The Hall–Kier alpha value is -6.43. The highest BCUT2D eigenvalue weighted by atomic mass is 19.1. The van der Waals surface area contributed by atoms with Gasteiger partial charge in [0, 0.05) is 23.5 Å². The number of nitrogens with zero attached hydrogens (tertiary/aromatic N) is 6. The molecular formula is C36H35F3N10O5. The van der Waals surface area contributed by atoms with Crippen molar-refractivity contribution in [1.82, 2.24) is 39.8 Å². The lowest BCUT2D eigenvalue weighted by atomic mass is 10.1. The van der Waals surface area contributed by atoms with Crippen molar-refractivity contribution in [2.75, 3.05) is 37.0 Å². The van der Waals surface area contributed by atoms with Crippen molar-refractivity contribution >= 4 is 34.7 Å². The van der Waals surface area contributed by atoms with Gasteiger partial charge in [-0.2, -0.15) is 10.2 Å². The van der Waals surface area contributed by atoms with E-state index in [0.29, 0.717) is 51.1 Å². The topological polar surface area (TPSA) is 181 Å². The molecule has 0 fully saturated rings. The van der Waals surface area contributed by atoms with E-state index in [2.05, 4.69) is 41.4 Å². The van der Waals surface area contributed by atoms with E-state index in [0.717, 1.165) is 0 Å². The SMILES string of the molecule is C[C@H]1Nc2ccn3ncc(c3n2)C(=O)NC[C@H](CF)Oc2ccc(F)cc21.C[C@H]1Nc2ccn3ncc(c3n2)C(=O)NC[C@H](CO)Oc2ccc(F)cc21. The van der Waals surface area contributed by atoms with Gasteiger partial charge in [-0.3, -0.25) is 9.59 Å². The average molecular weight is 745 g/mol. The van der Waals surface area contributed by atoms with Crippen LogP contribution in [0.2, 0.25) is 0 Å². The van der Waals surface area contributed by atoms with Crippen LogP contribution in [-0.2, 0) is 0 Å². The van der Waals surface area contributed by atoms with E-state index in [-0.39, 0.29) is 43.3 Å². The lowest BCUT2D eigenvalue weighted by Crippen LogP contribution is -2.37. The maximum Gasteiger partial charge on any atom is 0.256 e. The number of carbonyl (C=O) groups excluding carboxylic acids is 2. The summed E-state index contributed by atoms with van der Waals surface area (Å²) in [4.78, 5) is 33.9. The molecule has 0 saturated heterocycles. The predicted molar refractivity (Wildman–Crippen MR) is 189 cm³/mol. The molecular weight excluding hydrogens is 709 g/mol. The fourth-order valence-corrected chi connectivity index (χ4v) is 5.98. The van der Waals surface area contributed by atoms with E-state index < -0.39 is 36.4 Å². The van der Waals surface area contributed by atoms with Gasteiger partial charge >= 0.3 is 0 Å². The molecule has 6 heterocycles. The zero-order valence-corrected chi connectivity index (χ0v) is 29.0. The summed E-state index contributed by atoms with van der Waals surface area (Å²) in [5.41, 5.74) is 2.44. The number of hydrogen-bond acceptors (Lipinski definition) is 11. The normalized spacial score (nSPS) is 19.9. The van der Waals surface area contributed by atoms with Crippen LogP contribution in [0, 0.1) is 11.6 Å². The summed E-state index contributed by atoms with van der Waals surface area (Å²) in [5, 5.41) is 29.6. The summed E-state index contributed by atoms with van der Waals surface area (Å²) in [6, 6.07) is 10.9. The predicted octanol–water partition coefficient (Wildman–Crippen LogP) is 4.03. The molecule has 0 spiro atoms. The van der Waals surface area contributed by atoms with E-state index in [1.807, 2.05) is 13.8 Å². The molecule has 4 atom stereocenters. The third-order valence-electron chi connectivity index (χ3n) is 8.78. The number of anilines is 2. The van der Waals surface area contributed by atoms with Gasteiger partial charge in [0.15, 0.2) is 11.3 Å². The van der Waals surface area contributed by atoms with E-state index in [1.165, 1.54) is 57.8 Å². The van der Waals surface area contributed by atoms with Crippen molar-refractivity contribution in [1.29, 1.82) is 0 Å². The minimum atomic E-state index is -0.909. The number of halogens is 3. The molecule has 0 unspecified atom stereocenters. The first kappa shape index (κ1) is 36.0. The summed E-state index contributed by atoms with van der Waals surface area (Å²) >= 11 is 0. The highest BCUT2D eigenvalue weighted by Gasteiger charge is 2.24. The first-order chi connectivity index (χ1) is 26.1. The minimum absolute atomic E-state index is 0.0506. The van der Waals surface area contributed by atoms with Crippen LogP contribution < -0.4 is 30.7 Å². The van der Waals surface area contributed by atoms with Gasteiger partial charge in [-0.15, -0.1) is 0 Å². The number of aliphatic hydroxyl groups is 1. The minimum Gasteiger partial charge on any atom is -0.486 e. The highest BCUT2D eigenvalue weighted by Crippen LogP contribution is 2.31. The van der Waals surface area contributed by atoms with Crippen LogP contribution in [0.25, 0.3) is 11.3 Å². The lowest BCUT2D eigenvalue weighted by molar-refractivity contribution is 0.0869. The van der Waals surface area contributed by atoms with Gasteiger partial charge in [0.25, 0.3) is 11.8 Å². The molecule has 2 aromatic carbocycles. The largest absolute Gasteiger partial charge is 0.486 e. The number of alkyl halides is 1. The molecule has 2 amide bonds. The van der Waals surface area contributed by atoms with Gasteiger partial charge < -0.3 is 35.8 Å². The quantitative estimate of drug-likeness (QED) is 0.173. The molecule has 280 valence electrons. The second kappa shape index (κ2) is 15.3. The Morgan fingerprint density at radius 1 is 0.741 bits per heavy atom. The zero-order chi connectivity index (χ0) is 37.9. The van der Waals surface area contributed by atoms with Gasteiger partial charge in [-0.1, -0.05) is 0 Å². The average Bonchev–Trinajstić information content (AvgIpc) is 3.79. The van der Waals surface area contributed by atoms with Crippen molar-refractivity contribution < 1.29 is 37.3 Å². The number of amides is 2. The van der Waals surface area contributed by atoms with Crippen LogP contribution in [-0.4, -0.2) is 84.7 Å². The molecule has 2 aliphatic rings. The summed E-state index contributed by atoms with van der Waals surface area (Å²) in [6.45, 7) is 2.57. The van der Waals surface area contributed by atoms with Crippen molar-refractivity contribution in [3.8, 4) is 11.5 Å². The van der Waals surface area contributed by atoms with E-state index in [1.54, 1.807) is 24.5 Å². The van der Waals surface area contributed by atoms with Crippen LogP contribution >= 0.6 is 0 Å². The Bertz CT molecular complexity index is 2170. The van der Waals surface area contributed by atoms with Gasteiger partial charge in [0.05, 0.1) is 44.2 Å². The molecule has 15 nitrogen and oxygen atoms in total. The van der Waals surface area contributed by atoms with Gasteiger partial charge in [0.1, 0.15) is 64.8 Å². The molecule has 0 saturated carbocycles. The maximum atomic E-state index is 13.8. The molecule has 8 rings (SSSR count). The van der Waals surface area contributed by atoms with E-state index in [9.17, 15) is 27.9 Å². The van der Waals surface area contributed by atoms with Crippen molar-refractivity contribution in [2.24, 2.45) is 0 Å². The van der Waals surface area contributed by atoms with Crippen LogP contribution in [0.15, 0.2) is 73.3 Å². The Morgan fingerprint density at radius 2 is 1.20 bits per heavy atom. The number of aromatic nitrogens is 6. The number of hydrogen-bond donors (Lipinski definition) is 5. The van der Waals surface area contributed by atoms with Crippen LogP contribution in [0.4, 0.5) is 24.8 Å². The standard InChI is InChI=1S/C18H17F2N5O2.C18H18FN5O3/c1-10-13-6-11(20)2-3-15(13)27-12(7-19)8-21-18(26)14-9-22-25-5-4-16(23-10)24-17(14)25;1-10-13-6-11(19)2-3-15(13)27-12(9-25)7-20-18(26)14-8-21-24-5-4-16(22-10)23-17(14)24/h2-6,9-10,12H,7-8H2,1H3,(H,21,26)(H,23,24);2-6,8,10,12,25H,7,9H2,1H3,(H,20,26)(H,22,23)/t10-,12+;10-,12-/m11/s1. The van der Waals surface area contributed by atoms with Crippen molar-refractivity contribution in [3.05, 3.63) is 107 Å². The number of nitrogens with one attached hydrogen (secondary N) is 4. The van der Waals surface area contributed by atoms with Gasteiger partial charge in [0.2, 0.25) is 0 Å². The lowest BCUT2D eigenvalue weighted by Gasteiger charge is -2.22. The monoisotopic (exact) mass is 744 g/mol. The Kier molecular flexibility index (Phi) is 10.2. The van der Waals surface area contributed by atoms with Crippen LogP contribution in [0.5, 0.6) is 11.5 Å². The van der Waals surface area contributed by atoms with Crippen LogP contribution in [0.3, 0.4) is 0 Å². The summed E-state index contributed by atoms with van der Waals surface area (Å²) in [7, 11) is 0. The second-order valence-corrected chi connectivity index (χ2v) is 12.6. The summed E-state index contributed by atoms with van der Waals surface area (Å²) in [6.07, 6.45) is 4.60. The first-order valence-electron chi connectivity index (χ1n) is 17.0. The molecule has 6 aromatic rings. The van der Waals surface area contributed by atoms with Crippen LogP contribution in [0.1, 0.15) is 57.8 Å². The van der Waals surface area contributed by atoms with E-state index in [4.69, 9.17) is 9.47 Å². The molecule has 2 aliphatic heterocycles. The molecule has 0 radical (unpaired) electrons. The zero-order valence-electron chi connectivity index (χ0n) is 29.0. The van der Waals surface area contributed by atoms with Crippen molar-refractivity contribution in [2.45, 2.75) is 38.1 Å². The number of fused-ring (bicyclic) bond motifs is 4. The molecule has 4 bridgehead atoms. The molecule has 5 N–H and O–H groups in total. The van der Waals surface area contributed by atoms with Gasteiger partial charge in [-0.25, -0.2) is 32.2 Å². The number of rotatable bonds is 2. The Morgan fingerprint density at radius 3 is 1.67 bits per heavy atom. The van der Waals surface area contributed by atoms with Gasteiger partial charge in [-0.05, 0) is 62.4 Å². The molecule has 4 aromatic heterocycles. The Balaban J connectivity index is 0.000000167. The summed E-state index contributed by atoms with van der Waals surface area (Å²) in [5.74, 6) is 0.141. The Labute approximate surface area is 305 Å². The molecule has 0 aliphatic carbocycles. The second-order valence-electron chi connectivity index (χ2n) is 12.6. The van der Waals surface area contributed by atoms with Crippen molar-refractivity contribution in [3.63, 3.8) is 0 Å². The number of aliphatic hydroxyl groups excluding tert-OH is 1. The maximum absolute atomic E-state index is 13.8. The summed E-state index contributed by atoms with van der Waals surface area (Å²) < 4.78 is 55.6. The third-order valence-corrected chi connectivity index (χ3v) is 8.78. The number of carbonyl (C=O) groups is 2. The fourth-order valence-electron chi connectivity index (χ4n) is 5.98. The molecule has 54 heavy (non-hydrogen) atoms.